The van der Waals surface area contributed by atoms with Gasteiger partial charge in [-0.1, -0.05) is 49.2 Å². The van der Waals surface area contributed by atoms with Gasteiger partial charge < -0.3 is 0 Å². The molecule has 0 saturated carbocycles. The molecule has 7 heteroatoms. The van der Waals surface area contributed by atoms with Gasteiger partial charge in [0, 0.05) is 13.0 Å². The van der Waals surface area contributed by atoms with Crippen molar-refractivity contribution in [1.82, 2.24) is 19.8 Å². The number of carbonyl (C=O) groups excluding carboxylic acids is 2. The molecule has 7 nitrogen and oxygen atoms in total. The standard InChI is InChI=1S/C29H34N4O3/c1-20-30-24-8-6-7-23(27(24)29(36)33(20)25-15-16-26(34)31-28(25)35)14-13-21-9-11-22(12-10-21)19-32-17-4-2-3-5-18-32/h6-12,25H,2-5,13-19H2,1H3,(H,31,34,35). The number of carbonyl (C=O) groups is 2. The minimum absolute atomic E-state index is 0.213. The lowest BCUT2D eigenvalue weighted by Gasteiger charge is -2.24. The molecule has 3 aromatic rings. The first-order valence-electron chi connectivity index (χ1n) is 13.1. The van der Waals surface area contributed by atoms with Gasteiger partial charge in [0.1, 0.15) is 11.9 Å². The minimum Gasteiger partial charge on any atom is -0.299 e. The van der Waals surface area contributed by atoms with E-state index in [1.807, 2.05) is 18.2 Å². The summed E-state index contributed by atoms with van der Waals surface area (Å²) >= 11 is 0. The van der Waals surface area contributed by atoms with Crippen LogP contribution in [-0.2, 0) is 29.0 Å². The van der Waals surface area contributed by atoms with Gasteiger partial charge >= 0.3 is 0 Å². The predicted molar refractivity (Wildman–Crippen MR) is 140 cm³/mol. The Labute approximate surface area is 211 Å². The van der Waals surface area contributed by atoms with E-state index in [0.717, 1.165) is 18.5 Å². The predicted octanol–water partition coefficient (Wildman–Crippen LogP) is 3.84. The fourth-order valence-corrected chi connectivity index (χ4v) is 5.57. The molecule has 0 bridgehead atoms. The lowest BCUT2D eigenvalue weighted by atomic mass is 9.99. The molecule has 0 spiro atoms. The minimum atomic E-state index is -0.711. The molecule has 2 aliphatic heterocycles. The highest BCUT2D eigenvalue weighted by Gasteiger charge is 2.30. The van der Waals surface area contributed by atoms with Crippen molar-refractivity contribution in [2.45, 2.75) is 70.9 Å². The Kier molecular flexibility index (Phi) is 7.28. The van der Waals surface area contributed by atoms with E-state index in [1.165, 1.54) is 54.5 Å². The number of aromatic nitrogens is 2. The Morgan fingerprint density at radius 1 is 0.917 bits per heavy atom. The molecule has 5 rings (SSSR count). The number of hydrogen-bond acceptors (Lipinski definition) is 5. The largest absolute Gasteiger partial charge is 0.299 e. The number of fused-ring (bicyclic) bond motifs is 1. The molecule has 1 aromatic heterocycles. The zero-order valence-electron chi connectivity index (χ0n) is 21.0. The van der Waals surface area contributed by atoms with Crippen LogP contribution < -0.4 is 10.9 Å². The highest BCUT2D eigenvalue weighted by molar-refractivity contribution is 5.99. The van der Waals surface area contributed by atoms with Crippen molar-refractivity contribution < 1.29 is 9.59 Å². The summed E-state index contributed by atoms with van der Waals surface area (Å²) < 4.78 is 1.46. The normalized spacial score (nSPS) is 19.3. The second kappa shape index (κ2) is 10.7. The number of piperidine rings is 1. The average Bonchev–Trinajstić information content (AvgIpc) is 3.13. The average molecular weight is 487 g/mol. The molecule has 3 heterocycles. The van der Waals surface area contributed by atoms with Gasteiger partial charge in [-0.3, -0.25) is 29.2 Å². The fourth-order valence-electron chi connectivity index (χ4n) is 5.57. The third kappa shape index (κ3) is 5.26. The summed E-state index contributed by atoms with van der Waals surface area (Å²) in [6.45, 7) is 5.12. The van der Waals surface area contributed by atoms with Crippen molar-refractivity contribution in [3.63, 3.8) is 0 Å². The molecule has 188 valence electrons. The summed E-state index contributed by atoms with van der Waals surface area (Å²) in [7, 11) is 0. The van der Waals surface area contributed by atoms with E-state index in [9.17, 15) is 14.4 Å². The van der Waals surface area contributed by atoms with Crippen LogP contribution in [0, 0.1) is 6.92 Å². The number of benzene rings is 2. The summed E-state index contributed by atoms with van der Waals surface area (Å²) in [4.78, 5) is 44.9. The summed E-state index contributed by atoms with van der Waals surface area (Å²) in [6, 6.07) is 13.9. The molecule has 2 aliphatic rings. The van der Waals surface area contributed by atoms with Gasteiger partial charge in [0.25, 0.3) is 5.56 Å². The summed E-state index contributed by atoms with van der Waals surface area (Å²) in [5.74, 6) is -0.247. The van der Waals surface area contributed by atoms with Crippen LogP contribution >= 0.6 is 0 Å². The van der Waals surface area contributed by atoms with Gasteiger partial charge in [-0.15, -0.1) is 0 Å². The van der Waals surface area contributed by atoms with Gasteiger partial charge in [-0.25, -0.2) is 4.98 Å². The maximum Gasteiger partial charge on any atom is 0.262 e. The van der Waals surface area contributed by atoms with Gasteiger partial charge in [0.05, 0.1) is 10.9 Å². The van der Waals surface area contributed by atoms with E-state index in [4.69, 9.17) is 0 Å². The third-order valence-corrected chi connectivity index (χ3v) is 7.52. The van der Waals surface area contributed by atoms with E-state index < -0.39 is 11.9 Å². The van der Waals surface area contributed by atoms with Gasteiger partial charge in [0.2, 0.25) is 11.8 Å². The Hall–Kier alpha value is -3.32. The van der Waals surface area contributed by atoms with Crippen molar-refractivity contribution in [3.8, 4) is 0 Å². The summed E-state index contributed by atoms with van der Waals surface area (Å²) in [6.07, 6.45) is 7.33. The maximum absolute atomic E-state index is 13.6. The number of likely N-dealkylation sites (tertiary alicyclic amines) is 1. The van der Waals surface area contributed by atoms with Gasteiger partial charge in [-0.05, 0) is 74.9 Å². The van der Waals surface area contributed by atoms with Crippen molar-refractivity contribution in [2.75, 3.05) is 13.1 Å². The van der Waals surface area contributed by atoms with Crippen molar-refractivity contribution >= 4 is 22.7 Å². The van der Waals surface area contributed by atoms with Crippen LogP contribution in [0.15, 0.2) is 47.3 Å². The van der Waals surface area contributed by atoms with E-state index in [-0.39, 0.29) is 17.9 Å². The highest BCUT2D eigenvalue weighted by Crippen LogP contribution is 2.22. The number of aryl methyl sites for hydroxylation is 3. The molecule has 0 radical (unpaired) electrons. The molecule has 36 heavy (non-hydrogen) atoms. The van der Waals surface area contributed by atoms with Crippen molar-refractivity contribution in [2.24, 2.45) is 0 Å². The SMILES string of the molecule is Cc1nc2cccc(CCc3ccc(CN4CCCCCC4)cc3)c2c(=O)n1C1CCC(=O)NC1=O. The quantitative estimate of drug-likeness (QED) is 0.535. The molecule has 2 fully saturated rings. The lowest BCUT2D eigenvalue weighted by molar-refractivity contribution is -0.135. The number of imide groups is 1. The summed E-state index contributed by atoms with van der Waals surface area (Å²) in [5, 5.41) is 2.92. The zero-order chi connectivity index (χ0) is 25.1. The van der Waals surface area contributed by atoms with Crippen LogP contribution in [-0.4, -0.2) is 39.4 Å². The maximum atomic E-state index is 13.6. The second-order valence-corrected chi connectivity index (χ2v) is 10.1. The number of amides is 2. The number of hydrogen-bond donors (Lipinski definition) is 1. The highest BCUT2D eigenvalue weighted by atomic mass is 16.2. The fraction of sp³-hybridized carbons (Fsp3) is 0.448. The van der Waals surface area contributed by atoms with Crippen LogP contribution in [0.4, 0.5) is 0 Å². The monoisotopic (exact) mass is 486 g/mol. The third-order valence-electron chi connectivity index (χ3n) is 7.52. The number of nitrogens with zero attached hydrogens (tertiary/aromatic N) is 3. The molecule has 1 unspecified atom stereocenters. The molecule has 0 aliphatic carbocycles. The lowest BCUT2D eigenvalue weighted by Crippen LogP contribution is -2.45. The first-order valence-corrected chi connectivity index (χ1v) is 13.1. The van der Waals surface area contributed by atoms with Gasteiger partial charge in [0.15, 0.2) is 0 Å². The molecular weight excluding hydrogens is 452 g/mol. The van der Waals surface area contributed by atoms with Crippen LogP contribution in [0.2, 0.25) is 0 Å². The van der Waals surface area contributed by atoms with Crippen LogP contribution in [0.1, 0.15) is 67.1 Å². The van der Waals surface area contributed by atoms with E-state index >= 15 is 0 Å². The van der Waals surface area contributed by atoms with E-state index in [0.29, 0.717) is 29.6 Å². The van der Waals surface area contributed by atoms with Crippen LogP contribution in [0.25, 0.3) is 10.9 Å². The van der Waals surface area contributed by atoms with Crippen LogP contribution in [0.5, 0.6) is 0 Å². The smallest absolute Gasteiger partial charge is 0.262 e. The van der Waals surface area contributed by atoms with Gasteiger partial charge in [-0.2, -0.15) is 0 Å². The van der Waals surface area contributed by atoms with Crippen molar-refractivity contribution in [1.29, 1.82) is 0 Å². The molecule has 2 saturated heterocycles. The second-order valence-electron chi connectivity index (χ2n) is 10.1. The van der Waals surface area contributed by atoms with E-state index in [1.54, 1.807) is 6.92 Å². The first-order chi connectivity index (χ1) is 17.5. The Morgan fingerprint density at radius 2 is 1.64 bits per heavy atom. The molecule has 2 amide bonds. The molecule has 1 N–H and O–H groups in total. The van der Waals surface area contributed by atoms with Crippen LogP contribution in [0.3, 0.4) is 0 Å². The molecule has 1 atom stereocenters. The molecule has 2 aromatic carbocycles. The number of nitrogens with one attached hydrogen (secondary N) is 1. The number of rotatable bonds is 6. The topological polar surface area (TPSA) is 84.3 Å². The molecular formula is C29H34N4O3. The Morgan fingerprint density at radius 3 is 2.36 bits per heavy atom. The zero-order valence-corrected chi connectivity index (χ0v) is 21.0. The van der Waals surface area contributed by atoms with E-state index in [2.05, 4.69) is 39.5 Å². The van der Waals surface area contributed by atoms with Crippen molar-refractivity contribution in [3.05, 3.63) is 75.3 Å². The first kappa shape index (κ1) is 24.4. The Balaban J connectivity index is 1.34. The summed E-state index contributed by atoms with van der Waals surface area (Å²) in [5.41, 5.74) is 3.94. The Bertz CT molecular complexity index is 1320.